The van der Waals surface area contributed by atoms with E-state index in [2.05, 4.69) is 9.97 Å². The summed E-state index contributed by atoms with van der Waals surface area (Å²) in [4.78, 5) is 21.9. The number of nitrogens with zero attached hydrogens (tertiary/aromatic N) is 3. The summed E-state index contributed by atoms with van der Waals surface area (Å²) in [6.07, 6.45) is 6.40. The van der Waals surface area contributed by atoms with Crippen LogP contribution < -0.4 is 16.0 Å². The van der Waals surface area contributed by atoms with Crippen LogP contribution in [0.3, 0.4) is 0 Å². The molecule has 0 radical (unpaired) electrons. The van der Waals surface area contributed by atoms with Crippen molar-refractivity contribution in [1.82, 2.24) is 14.5 Å². The van der Waals surface area contributed by atoms with Crippen LogP contribution in [-0.2, 0) is 0 Å². The Bertz CT molecular complexity index is 1290. The van der Waals surface area contributed by atoms with Gasteiger partial charge in [-0.05, 0) is 36.4 Å². The molecule has 0 spiro atoms. The van der Waals surface area contributed by atoms with E-state index in [1.807, 2.05) is 0 Å². The van der Waals surface area contributed by atoms with Crippen molar-refractivity contribution in [3.8, 4) is 17.2 Å². The van der Waals surface area contributed by atoms with Crippen molar-refractivity contribution >= 4 is 28.7 Å². The maximum atomic E-state index is 13.2. The zero-order chi connectivity index (χ0) is 20.4. The lowest BCUT2D eigenvalue weighted by Crippen LogP contribution is -2.23. The average Bonchev–Trinajstić information content (AvgIpc) is 2.74. The highest BCUT2D eigenvalue weighted by molar-refractivity contribution is 5.80. The van der Waals surface area contributed by atoms with E-state index in [1.165, 1.54) is 17.9 Å². The number of nitrogen functional groups attached to an aromatic ring is 1. The molecule has 0 saturated heterocycles. The van der Waals surface area contributed by atoms with E-state index in [9.17, 15) is 9.90 Å². The third kappa shape index (κ3) is 3.29. The van der Waals surface area contributed by atoms with Crippen molar-refractivity contribution < 1.29 is 9.84 Å². The van der Waals surface area contributed by atoms with E-state index in [0.29, 0.717) is 39.4 Å². The van der Waals surface area contributed by atoms with Gasteiger partial charge >= 0.3 is 0 Å². The van der Waals surface area contributed by atoms with Crippen LogP contribution in [0.2, 0.25) is 0 Å². The van der Waals surface area contributed by atoms with E-state index in [1.54, 1.807) is 66.9 Å². The number of aromatic hydroxyl groups is 1. The number of pyridine rings is 1. The zero-order valence-corrected chi connectivity index (χ0v) is 15.6. The number of anilines is 1. The Morgan fingerprint density at radius 3 is 2.72 bits per heavy atom. The molecule has 4 rings (SSSR count). The number of aromatic nitrogens is 3. The molecule has 0 unspecified atom stereocenters. The van der Waals surface area contributed by atoms with Gasteiger partial charge in [0.05, 0.1) is 35.6 Å². The summed E-state index contributed by atoms with van der Waals surface area (Å²) in [5.41, 5.74) is 7.83. The number of rotatable bonds is 4. The maximum absolute atomic E-state index is 13.2. The fourth-order valence-corrected chi connectivity index (χ4v) is 3.09. The Morgan fingerprint density at radius 1 is 1.10 bits per heavy atom. The predicted octanol–water partition coefficient (Wildman–Crippen LogP) is 3.25. The molecular formula is C22H18N4O3. The molecule has 7 heteroatoms. The van der Waals surface area contributed by atoms with Crippen LogP contribution in [0, 0.1) is 0 Å². The Hall–Kier alpha value is -4.13. The normalized spacial score (nSPS) is 11.2. The first-order valence-electron chi connectivity index (χ1n) is 8.86. The third-order valence-corrected chi connectivity index (χ3v) is 4.54. The molecule has 3 N–H and O–H groups in total. The van der Waals surface area contributed by atoms with Gasteiger partial charge in [0.1, 0.15) is 5.82 Å². The Kier molecular flexibility index (Phi) is 4.70. The van der Waals surface area contributed by atoms with Gasteiger partial charge in [0.15, 0.2) is 11.5 Å². The van der Waals surface area contributed by atoms with Crippen LogP contribution in [0.5, 0.6) is 11.5 Å². The average molecular weight is 386 g/mol. The molecule has 0 bridgehead atoms. The second-order valence-corrected chi connectivity index (χ2v) is 6.29. The summed E-state index contributed by atoms with van der Waals surface area (Å²) in [5, 5.41) is 10.8. The van der Waals surface area contributed by atoms with Gasteiger partial charge in [0.2, 0.25) is 0 Å². The second-order valence-electron chi connectivity index (χ2n) is 6.29. The smallest absolute Gasteiger partial charge is 0.266 e. The van der Waals surface area contributed by atoms with Crippen LogP contribution in [-0.4, -0.2) is 26.8 Å². The van der Waals surface area contributed by atoms with E-state index < -0.39 is 0 Å². The SMILES string of the molecule is COc1cccc(/C=C/c2nc3cnccc3c(=O)n2-c2ccccc2N)c1O. The molecule has 2 heterocycles. The molecule has 29 heavy (non-hydrogen) atoms. The molecule has 0 aliphatic heterocycles. The van der Waals surface area contributed by atoms with Crippen molar-refractivity contribution in [2.75, 3.05) is 12.8 Å². The summed E-state index contributed by atoms with van der Waals surface area (Å²) in [5.74, 6) is 0.713. The zero-order valence-electron chi connectivity index (χ0n) is 15.6. The molecule has 0 aliphatic rings. The van der Waals surface area contributed by atoms with Gasteiger partial charge in [-0.15, -0.1) is 0 Å². The number of hydrogen-bond acceptors (Lipinski definition) is 6. The van der Waals surface area contributed by atoms with E-state index in [0.717, 1.165) is 0 Å². The van der Waals surface area contributed by atoms with Gasteiger partial charge in [0, 0.05) is 11.8 Å². The molecule has 4 aromatic rings. The number of ether oxygens (including phenoxy) is 1. The number of phenols is 1. The Labute approximate surface area is 166 Å². The first kappa shape index (κ1) is 18.2. The highest BCUT2D eigenvalue weighted by atomic mass is 16.5. The summed E-state index contributed by atoms with van der Waals surface area (Å²) >= 11 is 0. The number of benzene rings is 2. The Morgan fingerprint density at radius 2 is 1.93 bits per heavy atom. The molecule has 0 amide bonds. The van der Waals surface area contributed by atoms with Crippen molar-refractivity contribution in [2.45, 2.75) is 0 Å². The molecule has 144 valence electrons. The number of hydrogen-bond donors (Lipinski definition) is 2. The predicted molar refractivity (Wildman–Crippen MR) is 113 cm³/mol. The van der Waals surface area contributed by atoms with Gasteiger partial charge < -0.3 is 15.6 Å². The number of phenolic OH excluding ortho intramolecular Hbond substituents is 1. The van der Waals surface area contributed by atoms with Crippen LogP contribution in [0.4, 0.5) is 5.69 Å². The Balaban J connectivity index is 1.95. The summed E-state index contributed by atoms with van der Waals surface area (Å²) in [7, 11) is 1.48. The standard InChI is InChI=1S/C22H18N4O3/c1-29-19-8-4-5-14(21(19)27)9-10-20-25-17-13-24-12-11-15(17)22(28)26(20)18-7-3-2-6-16(18)23/h2-13,27H,23H2,1H3/b10-9+. The fraction of sp³-hybridized carbons (Fsp3) is 0.0455. The summed E-state index contributed by atoms with van der Waals surface area (Å²) < 4.78 is 6.59. The van der Waals surface area contributed by atoms with Crippen LogP contribution >= 0.6 is 0 Å². The lowest BCUT2D eigenvalue weighted by Gasteiger charge is -2.13. The molecule has 7 nitrogen and oxygen atoms in total. The maximum Gasteiger partial charge on any atom is 0.266 e. The van der Waals surface area contributed by atoms with E-state index in [-0.39, 0.29) is 11.3 Å². The number of methoxy groups -OCH3 is 1. The van der Waals surface area contributed by atoms with Crippen molar-refractivity contribution in [2.24, 2.45) is 0 Å². The topological polar surface area (TPSA) is 103 Å². The van der Waals surface area contributed by atoms with E-state index in [4.69, 9.17) is 10.5 Å². The lowest BCUT2D eigenvalue weighted by atomic mass is 10.1. The lowest BCUT2D eigenvalue weighted by molar-refractivity contribution is 0.373. The first-order valence-corrected chi connectivity index (χ1v) is 8.86. The molecular weight excluding hydrogens is 368 g/mol. The minimum atomic E-state index is -0.259. The molecule has 0 saturated carbocycles. The number of nitrogens with two attached hydrogens (primary N) is 1. The highest BCUT2D eigenvalue weighted by Crippen LogP contribution is 2.30. The van der Waals surface area contributed by atoms with Crippen molar-refractivity contribution in [1.29, 1.82) is 0 Å². The number of para-hydroxylation sites is 3. The van der Waals surface area contributed by atoms with Crippen LogP contribution in [0.15, 0.2) is 65.7 Å². The second kappa shape index (κ2) is 7.47. The van der Waals surface area contributed by atoms with Crippen molar-refractivity contribution in [3.63, 3.8) is 0 Å². The van der Waals surface area contributed by atoms with Gasteiger partial charge in [-0.2, -0.15) is 0 Å². The summed E-state index contributed by atoms with van der Waals surface area (Å²) in [6.45, 7) is 0. The molecule has 2 aromatic heterocycles. The first-order chi connectivity index (χ1) is 14.1. The molecule has 2 aromatic carbocycles. The third-order valence-electron chi connectivity index (χ3n) is 4.54. The van der Waals surface area contributed by atoms with Gasteiger partial charge in [-0.25, -0.2) is 4.98 Å². The fourth-order valence-electron chi connectivity index (χ4n) is 3.09. The minimum Gasteiger partial charge on any atom is -0.504 e. The van der Waals surface area contributed by atoms with E-state index >= 15 is 0 Å². The molecule has 0 fully saturated rings. The minimum absolute atomic E-state index is 0.00169. The van der Waals surface area contributed by atoms with Gasteiger partial charge in [0.25, 0.3) is 5.56 Å². The summed E-state index contributed by atoms with van der Waals surface area (Å²) in [6, 6.07) is 13.9. The highest BCUT2D eigenvalue weighted by Gasteiger charge is 2.13. The van der Waals surface area contributed by atoms with Gasteiger partial charge in [-0.1, -0.05) is 24.3 Å². The van der Waals surface area contributed by atoms with Gasteiger partial charge in [-0.3, -0.25) is 14.3 Å². The van der Waals surface area contributed by atoms with Crippen molar-refractivity contribution in [3.05, 3.63) is 82.7 Å². The molecule has 0 aliphatic carbocycles. The monoisotopic (exact) mass is 386 g/mol. The molecule has 0 atom stereocenters. The number of fused-ring (bicyclic) bond motifs is 1. The van der Waals surface area contributed by atoms with Crippen LogP contribution in [0.25, 0.3) is 28.7 Å². The van der Waals surface area contributed by atoms with Crippen LogP contribution in [0.1, 0.15) is 11.4 Å². The largest absolute Gasteiger partial charge is 0.504 e. The quantitative estimate of drug-likeness (QED) is 0.522.